The van der Waals surface area contributed by atoms with Crippen LogP contribution in [0.15, 0.2) is 36.5 Å². The number of allylic oxidation sites excluding steroid dienone is 3. The lowest BCUT2D eigenvalue weighted by atomic mass is 9.83. The maximum atomic E-state index is 3.80. The molecular weight excluding hydrogens is 292 g/mol. The van der Waals surface area contributed by atoms with E-state index in [0.29, 0.717) is 10.7 Å². The number of thioether (sulfide) groups is 1. The molecule has 4 heteroatoms. The van der Waals surface area contributed by atoms with Crippen LogP contribution in [0.25, 0.3) is 0 Å². The molecule has 0 aromatic carbocycles. The van der Waals surface area contributed by atoms with Crippen molar-refractivity contribution in [3.8, 4) is 0 Å². The molecule has 0 spiro atoms. The first-order chi connectivity index (χ1) is 10.2. The SMILES string of the molecule is C=C/C=C(\C=C/C)C1NNC(C2CCC(C)CC2)S1.CC.O.[HH]. The quantitative estimate of drug-likeness (QED) is 0.750. The van der Waals surface area contributed by atoms with Crippen LogP contribution in [0.2, 0.25) is 0 Å². The zero-order valence-electron chi connectivity index (χ0n) is 14.6. The standard InChI is InChI=1S/C16H26N2S.C2H6.H2O.H2/c1-4-6-13(7-5-2)15-17-18-16(19-15)14-10-8-12(3)9-11-14;1-2;;/h4-7,12,14-18H,1,8-11H2,2-3H3;1-2H3;1H2;1H/b7-5-,13-6+;;;. The highest BCUT2D eigenvalue weighted by Gasteiger charge is 2.33. The minimum atomic E-state index is 0. The Balaban J connectivity index is 0. The normalized spacial score (nSPS) is 32.1. The van der Waals surface area contributed by atoms with Crippen LogP contribution in [0.5, 0.6) is 0 Å². The van der Waals surface area contributed by atoms with Gasteiger partial charge in [-0.3, -0.25) is 0 Å². The molecule has 22 heavy (non-hydrogen) atoms. The highest BCUT2D eigenvalue weighted by molar-refractivity contribution is 8.00. The van der Waals surface area contributed by atoms with E-state index in [9.17, 15) is 0 Å². The molecule has 2 aliphatic rings. The molecule has 1 heterocycles. The largest absolute Gasteiger partial charge is 0.412 e. The highest BCUT2D eigenvalue weighted by Crippen LogP contribution is 2.38. The van der Waals surface area contributed by atoms with Crippen molar-refractivity contribution in [2.75, 3.05) is 0 Å². The molecule has 0 amide bonds. The Hall–Kier alpha value is -0.550. The molecule has 1 aliphatic carbocycles. The van der Waals surface area contributed by atoms with Gasteiger partial charge in [-0.15, -0.1) is 11.8 Å². The van der Waals surface area contributed by atoms with Gasteiger partial charge < -0.3 is 5.48 Å². The van der Waals surface area contributed by atoms with Crippen molar-refractivity contribution < 1.29 is 6.90 Å². The second-order valence-corrected chi connectivity index (χ2v) is 6.90. The summed E-state index contributed by atoms with van der Waals surface area (Å²) in [4.78, 5) is 0. The zero-order valence-corrected chi connectivity index (χ0v) is 15.4. The van der Waals surface area contributed by atoms with Gasteiger partial charge in [0.1, 0.15) is 0 Å². The molecule has 0 aromatic heterocycles. The van der Waals surface area contributed by atoms with Gasteiger partial charge in [-0.05, 0) is 37.2 Å². The predicted molar refractivity (Wildman–Crippen MR) is 103 cm³/mol. The summed E-state index contributed by atoms with van der Waals surface area (Å²) in [5.41, 5.74) is 8.22. The summed E-state index contributed by atoms with van der Waals surface area (Å²) in [5.74, 6) is 1.74. The molecule has 1 saturated heterocycles. The van der Waals surface area contributed by atoms with Crippen LogP contribution in [0, 0.1) is 11.8 Å². The summed E-state index contributed by atoms with van der Waals surface area (Å²) < 4.78 is 0. The first-order valence-electron chi connectivity index (χ1n) is 8.36. The molecule has 1 aliphatic heterocycles. The van der Waals surface area contributed by atoms with Crippen molar-refractivity contribution in [3.05, 3.63) is 36.5 Å². The van der Waals surface area contributed by atoms with Gasteiger partial charge in [0.2, 0.25) is 0 Å². The highest BCUT2D eigenvalue weighted by atomic mass is 32.2. The summed E-state index contributed by atoms with van der Waals surface area (Å²) in [6, 6.07) is 0. The van der Waals surface area contributed by atoms with Gasteiger partial charge in [0.15, 0.2) is 0 Å². The van der Waals surface area contributed by atoms with Crippen molar-refractivity contribution in [1.82, 2.24) is 10.9 Å². The number of hydrogen-bond donors (Lipinski definition) is 2. The van der Waals surface area contributed by atoms with Crippen molar-refractivity contribution in [2.24, 2.45) is 11.8 Å². The number of nitrogens with one attached hydrogen (secondary N) is 2. The smallest absolute Gasteiger partial charge is 0.0932 e. The lowest BCUT2D eigenvalue weighted by Crippen LogP contribution is -2.38. The minimum Gasteiger partial charge on any atom is -0.412 e. The molecule has 0 aromatic rings. The van der Waals surface area contributed by atoms with Crippen LogP contribution in [0.1, 0.15) is 54.8 Å². The van der Waals surface area contributed by atoms with Gasteiger partial charge in [-0.25, -0.2) is 10.9 Å². The molecule has 0 radical (unpaired) electrons. The molecule has 2 unspecified atom stereocenters. The van der Waals surface area contributed by atoms with Crippen LogP contribution >= 0.6 is 11.8 Å². The molecule has 1 saturated carbocycles. The van der Waals surface area contributed by atoms with Gasteiger partial charge in [0.25, 0.3) is 0 Å². The fourth-order valence-electron chi connectivity index (χ4n) is 2.91. The van der Waals surface area contributed by atoms with Gasteiger partial charge in [-0.1, -0.05) is 64.5 Å². The molecule has 4 N–H and O–H groups in total. The third kappa shape index (κ3) is 6.29. The molecule has 2 atom stereocenters. The van der Waals surface area contributed by atoms with E-state index in [0.717, 1.165) is 11.8 Å². The van der Waals surface area contributed by atoms with E-state index in [4.69, 9.17) is 0 Å². The second kappa shape index (κ2) is 11.9. The zero-order chi connectivity index (χ0) is 15.7. The lowest BCUT2D eigenvalue weighted by molar-refractivity contribution is 0.266. The Kier molecular flexibility index (Phi) is 11.6. The maximum absolute atomic E-state index is 3.80. The molecule has 0 bridgehead atoms. The average molecular weight is 329 g/mol. The molecule has 130 valence electrons. The Morgan fingerprint density at radius 1 is 1.18 bits per heavy atom. The Labute approximate surface area is 142 Å². The Morgan fingerprint density at radius 2 is 1.82 bits per heavy atom. The van der Waals surface area contributed by atoms with E-state index in [-0.39, 0.29) is 6.90 Å². The first-order valence-corrected chi connectivity index (χ1v) is 9.30. The number of rotatable bonds is 4. The fraction of sp³-hybridized carbons (Fsp3) is 0.667. The van der Waals surface area contributed by atoms with Gasteiger partial charge in [0, 0.05) is 1.43 Å². The van der Waals surface area contributed by atoms with Gasteiger partial charge in [0.05, 0.1) is 10.7 Å². The monoisotopic (exact) mass is 328 g/mol. The van der Waals surface area contributed by atoms with Crippen molar-refractivity contribution >= 4 is 11.8 Å². The third-order valence-corrected chi connectivity index (χ3v) is 5.56. The topological polar surface area (TPSA) is 55.6 Å². The van der Waals surface area contributed by atoms with Gasteiger partial charge >= 0.3 is 0 Å². The van der Waals surface area contributed by atoms with Crippen molar-refractivity contribution in [1.29, 1.82) is 0 Å². The number of hydrogen-bond acceptors (Lipinski definition) is 3. The number of hydrazine groups is 1. The lowest BCUT2D eigenvalue weighted by Gasteiger charge is -2.29. The summed E-state index contributed by atoms with van der Waals surface area (Å²) in [6.07, 6.45) is 13.7. The van der Waals surface area contributed by atoms with E-state index >= 15 is 0 Å². The Morgan fingerprint density at radius 3 is 2.36 bits per heavy atom. The van der Waals surface area contributed by atoms with Crippen LogP contribution < -0.4 is 10.9 Å². The third-order valence-electron chi connectivity index (χ3n) is 4.10. The Bertz CT molecular complexity index is 366. The van der Waals surface area contributed by atoms with Crippen LogP contribution in [0.3, 0.4) is 0 Å². The average Bonchev–Trinajstić information content (AvgIpc) is 2.99. The molecule has 3 nitrogen and oxygen atoms in total. The summed E-state index contributed by atoms with van der Waals surface area (Å²) in [5, 5.41) is 0.898. The van der Waals surface area contributed by atoms with Crippen LogP contribution in [-0.4, -0.2) is 16.2 Å². The molecule has 2 fully saturated rings. The second-order valence-electron chi connectivity index (χ2n) is 5.65. The summed E-state index contributed by atoms with van der Waals surface area (Å²) in [6.45, 7) is 12.2. The molecule has 2 rings (SSSR count). The van der Waals surface area contributed by atoms with Crippen LogP contribution in [-0.2, 0) is 0 Å². The summed E-state index contributed by atoms with van der Waals surface area (Å²) >= 11 is 2.02. The van der Waals surface area contributed by atoms with E-state index in [1.54, 1.807) is 0 Å². The van der Waals surface area contributed by atoms with E-state index in [1.807, 2.05) is 31.7 Å². The van der Waals surface area contributed by atoms with Crippen molar-refractivity contribution in [3.63, 3.8) is 0 Å². The van der Waals surface area contributed by atoms with Crippen LogP contribution in [0.4, 0.5) is 0 Å². The first kappa shape index (κ1) is 21.4. The van der Waals surface area contributed by atoms with E-state index in [1.165, 1.54) is 31.3 Å². The maximum Gasteiger partial charge on any atom is 0.0932 e. The van der Waals surface area contributed by atoms with Gasteiger partial charge in [-0.2, -0.15) is 0 Å². The van der Waals surface area contributed by atoms with Crippen molar-refractivity contribution in [2.45, 2.75) is 64.1 Å². The minimum absolute atomic E-state index is 0. The summed E-state index contributed by atoms with van der Waals surface area (Å²) in [7, 11) is 0. The molecular formula is C18H36N2OS. The van der Waals surface area contributed by atoms with E-state index < -0.39 is 0 Å². The van der Waals surface area contributed by atoms with E-state index in [2.05, 4.69) is 49.5 Å². The predicted octanol–water partition coefficient (Wildman–Crippen LogP) is 4.44. The fourth-order valence-corrected chi connectivity index (χ4v) is 4.28.